The Kier molecular flexibility index (Phi) is 4.71. The van der Waals surface area contributed by atoms with Crippen molar-refractivity contribution < 1.29 is 24.2 Å². The van der Waals surface area contributed by atoms with Gasteiger partial charge in [-0.25, -0.2) is 4.68 Å². The van der Waals surface area contributed by atoms with Crippen molar-refractivity contribution >= 4 is 28.8 Å². The average Bonchev–Trinajstić information content (AvgIpc) is 3.48. The van der Waals surface area contributed by atoms with Crippen molar-refractivity contribution in [1.29, 1.82) is 0 Å². The molecule has 4 heterocycles. The van der Waals surface area contributed by atoms with Crippen LogP contribution in [0.3, 0.4) is 0 Å². The van der Waals surface area contributed by atoms with Crippen LogP contribution in [0.5, 0.6) is 0 Å². The Morgan fingerprint density at radius 2 is 2.06 bits per heavy atom. The summed E-state index contributed by atoms with van der Waals surface area (Å²) in [6.07, 6.45) is 1.05. The van der Waals surface area contributed by atoms with Crippen molar-refractivity contribution in [1.82, 2.24) is 30.5 Å². The Hall–Kier alpha value is -3.05. The number of ether oxygens (including phenoxy) is 1. The molecule has 11 nitrogen and oxygen atoms in total. The summed E-state index contributed by atoms with van der Waals surface area (Å²) in [5, 5.41) is 23.2. The minimum Gasteiger partial charge on any atom is -0.395 e. The number of hydrogen-bond donors (Lipinski definition) is 3. The number of nitrogens with zero attached hydrogens (tertiary/aromatic N) is 4. The molecule has 1 aromatic heterocycles. The van der Waals surface area contributed by atoms with E-state index < -0.39 is 35.0 Å². The molecule has 1 spiro atoms. The van der Waals surface area contributed by atoms with Crippen molar-refractivity contribution in [3.8, 4) is 0 Å². The number of benzene rings is 1. The van der Waals surface area contributed by atoms with E-state index in [0.717, 1.165) is 5.52 Å². The van der Waals surface area contributed by atoms with Crippen LogP contribution in [0.1, 0.15) is 19.8 Å². The van der Waals surface area contributed by atoms with Crippen LogP contribution in [0, 0.1) is 11.8 Å². The van der Waals surface area contributed by atoms with Crippen LogP contribution < -0.4 is 10.6 Å². The normalized spacial score (nSPS) is 33.0. The standard InChI is InChI=1S/C21H26N6O5/c1-20-7-8-21(32-20)15(14(20)17(29)22-2)19(31)26(9-10-28)16(21)18(30)23-11-27-13-6-4-3-5-12(13)24-25-27/h3-6,14-16,28H,7-11H2,1-2H3,(H,22,29)(H,23,30)/t14-,15-,16?,20+,21?/m0/s1. The number of likely N-dealkylation sites (tertiary alicyclic amines) is 1. The molecule has 1 aromatic carbocycles. The van der Waals surface area contributed by atoms with Gasteiger partial charge in [0, 0.05) is 13.6 Å². The number of amides is 3. The first-order valence-corrected chi connectivity index (χ1v) is 10.8. The van der Waals surface area contributed by atoms with Gasteiger partial charge in [-0.05, 0) is 31.9 Å². The summed E-state index contributed by atoms with van der Waals surface area (Å²) in [6, 6.07) is 6.44. The first kappa shape index (κ1) is 20.8. The van der Waals surface area contributed by atoms with Crippen LogP contribution in [0.25, 0.3) is 11.0 Å². The number of rotatable bonds is 6. The van der Waals surface area contributed by atoms with E-state index in [1.807, 2.05) is 31.2 Å². The molecule has 11 heteroatoms. The van der Waals surface area contributed by atoms with E-state index in [1.54, 1.807) is 4.68 Å². The summed E-state index contributed by atoms with van der Waals surface area (Å²) in [5.74, 6) is -2.47. The van der Waals surface area contributed by atoms with Gasteiger partial charge in [-0.15, -0.1) is 5.10 Å². The van der Waals surface area contributed by atoms with E-state index in [1.165, 1.54) is 11.9 Å². The molecule has 170 valence electrons. The molecule has 0 aliphatic carbocycles. The number of hydrogen-bond acceptors (Lipinski definition) is 7. The van der Waals surface area contributed by atoms with E-state index in [0.29, 0.717) is 18.4 Å². The highest BCUT2D eigenvalue weighted by atomic mass is 16.5. The molecule has 5 rings (SSSR count). The number of β-amino-alcohol motifs (C(OH)–C–C–N with tert-alkyl or cyclic N) is 1. The second kappa shape index (κ2) is 7.24. The fourth-order valence-corrected chi connectivity index (χ4v) is 5.91. The Morgan fingerprint density at radius 3 is 2.81 bits per heavy atom. The number of aliphatic hydroxyl groups excluding tert-OH is 1. The lowest BCUT2D eigenvalue weighted by atomic mass is 9.66. The summed E-state index contributed by atoms with van der Waals surface area (Å²) < 4.78 is 7.96. The molecular formula is C21H26N6O5. The van der Waals surface area contributed by atoms with E-state index in [-0.39, 0.29) is 31.6 Å². The molecule has 2 bridgehead atoms. The maximum Gasteiger partial charge on any atom is 0.247 e. The minimum absolute atomic E-state index is 0.0119. The first-order valence-electron chi connectivity index (χ1n) is 10.8. The third kappa shape index (κ3) is 2.70. The van der Waals surface area contributed by atoms with Crippen LogP contribution in [0.4, 0.5) is 0 Å². The van der Waals surface area contributed by atoms with E-state index in [9.17, 15) is 19.5 Å². The molecule has 5 atom stereocenters. The van der Waals surface area contributed by atoms with Gasteiger partial charge in [0.1, 0.15) is 23.8 Å². The quantitative estimate of drug-likeness (QED) is 0.522. The lowest BCUT2D eigenvalue weighted by Crippen LogP contribution is -2.55. The number of aliphatic hydroxyl groups is 1. The lowest BCUT2D eigenvalue weighted by Gasteiger charge is -2.33. The van der Waals surface area contributed by atoms with Crippen LogP contribution in [-0.2, 0) is 25.8 Å². The topological polar surface area (TPSA) is 139 Å². The largest absolute Gasteiger partial charge is 0.395 e. The first-order chi connectivity index (χ1) is 15.4. The fourth-order valence-electron chi connectivity index (χ4n) is 5.91. The van der Waals surface area contributed by atoms with Crippen molar-refractivity contribution in [2.75, 3.05) is 20.2 Å². The number of aromatic nitrogens is 3. The molecule has 3 amide bonds. The SMILES string of the molecule is CNC(=O)[C@@H]1[C@H]2C(=O)N(CCO)C(C(=O)NCn3nnc4ccccc43)C23CC[C@@]1(C)O3. The van der Waals surface area contributed by atoms with Gasteiger partial charge < -0.3 is 25.4 Å². The summed E-state index contributed by atoms with van der Waals surface area (Å²) in [5.41, 5.74) is -0.444. The predicted octanol–water partition coefficient (Wildman–Crippen LogP) is -0.992. The van der Waals surface area contributed by atoms with Gasteiger partial charge in [0.15, 0.2) is 0 Å². The maximum atomic E-state index is 13.5. The number of para-hydroxylation sites is 1. The molecular weight excluding hydrogens is 416 g/mol. The maximum absolute atomic E-state index is 13.5. The smallest absolute Gasteiger partial charge is 0.247 e. The zero-order valence-electron chi connectivity index (χ0n) is 17.9. The number of nitrogens with one attached hydrogen (secondary N) is 2. The summed E-state index contributed by atoms with van der Waals surface area (Å²) in [4.78, 5) is 40.9. The van der Waals surface area contributed by atoms with Crippen molar-refractivity contribution in [2.45, 2.75) is 43.7 Å². The Balaban J connectivity index is 1.46. The molecule has 32 heavy (non-hydrogen) atoms. The van der Waals surface area contributed by atoms with Gasteiger partial charge in [-0.2, -0.15) is 0 Å². The van der Waals surface area contributed by atoms with Gasteiger partial charge >= 0.3 is 0 Å². The lowest BCUT2D eigenvalue weighted by molar-refractivity contribution is -0.146. The zero-order valence-corrected chi connectivity index (χ0v) is 17.9. The molecule has 2 aromatic rings. The third-order valence-corrected chi connectivity index (χ3v) is 7.22. The highest BCUT2D eigenvalue weighted by molar-refractivity contribution is 5.99. The average molecular weight is 442 g/mol. The molecule has 3 fully saturated rings. The fraction of sp³-hybridized carbons (Fsp3) is 0.571. The van der Waals surface area contributed by atoms with Crippen LogP contribution in [0.15, 0.2) is 24.3 Å². The summed E-state index contributed by atoms with van der Waals surface area (Å²) >= 11 is 0. The van der Waals surface area contributed by atoms with Gasteiger partial charge in [0.05, 0.1) is 29.6 Å². The molecule has 3 N–H and O–H groups in total. The van der Waals surface area contributed by atoms with Crippen LogP contribution in [-0.4, -0.2) is 80.2 Å². The van der Waals surface area contributed by atoms with Gasteiger partial charge in [0.25, 0.3) is 0 Å². The summed E-state index contributed by atoms with van der Waals surface area (Å²) in [7, 11) is 1.53. The second-order valence-corrected chi connectivity index (χ2v) is 8.87. The summed E-state index contributed by atoms with van der Waals surface area (Å²) in [6.45, 7) is 1.59. The van der Waals surface area contributed by atoms with Crippen molar-refractivity contribution in [3.05, 3.63) is 24.3 Å². The minimum atomic E-state index is -1.10. The molecule has 0 saturated carbocycles. The van der Waals surface area contributed by atoms with E-state index >= 15 is 0 Å². The van der Waals surface area contributed by atoms with Crippen molar-refractivity contribution in [3.63, 3.8) is 0 Å². The Bertz CT molecular complexity index is 1100. The van der Waals surface area contributed by atoms with Gasteiger partial charge in [-0.3, -0.25) is 14.4 Å². The van der Waals surface area contributed by atoms with E-state index in [2.05, 4.69) is 20.9 Å². The second-order valence-electron chi connectivity index (χ2n) is 8.87. The Morgan fingerprint density at radius 1 is 1.28 bits per heavy atom. The van der Waals surface area contributed by atoms with Crippen molar-refractivity contribution in [2.24, 2.45) is 11.8 Å². The van der Waals surface area contributed by atoms with Gasteiger partial charge in [0.2, 0.25) is 17.7 Å². The molecule has 3 aliphatic heterocycles. The van der Waals surface area contributed by atoms with Gasteiger partial charge in [-0.1, -0.05) is 17.3 Å². The molecule has 3 saturated heterocycles. The van der Waals surface area contributed by atoms with Crippen LogP contribution in [0.2, 0.25) is 0 Å². The number of fused-ring (bicyclic) bond motifs is 2. The third-order valence-electron chi connectivity index (χ3n) is 7.22. The predicted molar refractivity (Wildman–Crippen MR) is 111 cm³/mol. The molecule has 2 unspecified atom stereocenters. The molecule has 3 aliphatic rings. The highest BCUT2D eigenvalue weighted by Crippen LogP contribution is 2.62. The van der Waals surface area contributed by atoms with Crippen LogP contribution >= 0.6 is 0 Å². The monoisotopic (exact) mass is 442 g/mol. The highest BCUT2D eigenvalue weighted by Gasteiger charge is 2.77. The van der Waals surface area contributed by atoms with E-state index in [4.69, 9.17) is 4.74 Å². The number of carbonyl (C=O) groups is 3. The Labute approximate surface area is 184 Å². The number of carbonyl (C=O) groups excluding carboxylic acids is 3. The zero-order chi connectivity index (χ0) is 22.7. The molecule has 0 radical (unpaired) electrons.